The third-order valence-electron chi connectivity index (χ3n) is 3.21. The maximum absolute atomic E-state index is 9.92. The van der Waals surface area contributed by atoms with Gasteiger partial charge in [0.2, 0.25) is 0 Å². The monoisotopic (exact) mass is 353 g/mol. The van der Waals surface area contributed by atoms with Gasteiger partial charge in [-0.1, -0.05) is 21.1 Å². The van der Waals surface area contributed by atoms with E-state index in [0.29, 0.717) is 25.5 Å². The number of fused-ring (bicyclic) bond motifs is 1. The van der Waals surface area contributed by atoms with Crippen LogP contribution in [0.2, 0.25) is 0 Å². The minimum absolute atomic E-state index is 0.528. The molecular formula is C14H16BrN3O3. The fraction of sp³-hybridized carbons (Fsp3) is 0.429. The molecule has 0 saturated heterocycles. The van der Waals surface area contributed by atoms with E-state index < -0.39 is 5.60 Å². The van der Waals surface area contributed by atoms with E-state index in [9.17, 15) is 5.11 Å². The summed E-state index contributed by atoms with van der Waals surface area (Å²) in [7, 11) is 0. The first-order valence-electron chi connectivity index (χ1n) is 6.64. The molecule has 112 valence electrons. The van der Waals surface area contributed by atoms with Gasteiger partial charge in [-0.15, -0.1) is 5.10 Å². The van der Waals surface area contributed by atoms with Gasteiger partial charge in [0.15, 0.2) is 11.5 Å². The molecule has 0 unspecified atom stereocenters. The van der Waals surface area contributed by atoms with Gasteiger partial charge in [0.25, 0.3) is 0 Å². The van der Waals surface area contributed by atoms with E-state index in [4.69, 9.17) is 9.47 Å². The van der Waals surface area contributed by atoms with Crippen LogP contribution in [0.15, 0.2) is 22.8 Å². The fourth-order valence-corrected chi connectivity index (χ4v) is 2.51. The van der Waals surface area contributed by atoms with Crippen molar-refractivity contribution in [1.82, 2.24) is 15.0 Å². The minimum Gasteiger partial charge on any atom is -0.486 e. The number of halogens is 1. The summed E-state index contributed by atoms with van der Waals surface area (Å²) in [6, 6.07) is 3.83. The summed E-state index contributed by atoms with van der Waals surface area (Å²) in [6.07, 6.45) is 1.74. The maximum atomic E-state index is 9.92. The Morgan fingerprint density at radius 1 is 1.29 bits per heavy atom. The van der Waals surface area contributed by atoms with Gasteiger partial charge < -0.3 is 14.6 Å². The zero-order valence-electron chi connectivity index (χ0n) is 11.8. The number of benzene rings is 1. The average Bonchev–Trinajstić information content (AvgIpc) is 2.88. The molecule has 3 rings (SSSR count). The van der Waals surface area contributed by atoms with Crippen LogP contribution in [-0.2, 0) is 12.1 Å². The van der Waals surface area contributed by atoms with Gasteiger partial charge in [0.1, 0.15) is 24.5 Å². The normalized spacial score (nSPS) is 14.3. The molecule has 1 aromatic carbocycles. The van der Waals surface area contributed by atoms with Crippen molar-refractivity contribution in [3.63, 3.8) is 0 Å². The number of aromatic nitrogens is 3. The first kappa shape index (κ1) is 14.3. The van der Waals surface area contributed by atoms with Crippen LogP contribution in [0.25, 0.3) is 0 Å². The zero-order chi connectivity index (χ0) is 15.0. The second kappa shape index (κ2) is 5.31. The molecule has 2 aromatic rings. The number of nitrogens with zero attached hydrogens (tertiary/aromatic N) is 3. The highest BCUT2D eigenvalue weighted by Crippen LogP contribution is 2.35. The van der Waals surface area contributed by atoms with Crippen molar-refractivity contribution < 1.29 is 14.6 Å². The Balaban J connectivity index is 1.86. The van der Waals surface area contributed by atoms with Crippen molar-refractivity contribution in [2.24, 2.45) is 0 Å². The number of aliphatic hydroxyl groups is 1. The highest BCUT2D eigenvalue weighted by molar-refractivity contribution is 9.10. The third kappa shape index (κ3) is 3.03. The van der Waals surface area contributed by atoms with E-state index in [1.165, 1.54) is 0 Å². The molecule has 7 heteroatoms. The van der Waals surface area contributed by atoms with Crippen LogP contribution in [0.3, 0.4) is 0 Å². The number of ether oxygens (including phenoxy) is 2. The molecule has 0 amide bonds. The van der Waals surface area contributed by atoms with Crippen LogP contribution in [0.4, 0.5) is 0 Å². The van der Waals surface area contributed by atoms with Crippen LogP contribution in [0.1, 0.15) is 25.1 Å². The lowest BCUT2D eigenvalue weighted by Gasteiger charge is -2.19. The van der Waals surface area contributed by atoms with Gasteiger partial charge in [-0.05, 0) is 31.5 Å². The molecule has 1 aliphatic rings. The molecule has 0 bridgehead atoms. The summed E-state index contributed by atoms with van der Waals surface area (Å²) < 4.78 is 13.7. The van der Waals surface area contributed by atoms with E-state index in [1.54, 1.807) is 24.7 Å². The van der Waals surface area contributed by atoms with E-state index >= 15 is 0 Å². The lowest BCUT2D eigenvalue weighted by molar-refractivity contribution is 0.0737. The number of rotatable bonds is 3. The molecule has 0 spiro atoms. The standard InChI is InChI=1S/C14H16BrN3O3/c1-14(2,19)13-8-18(17-16-13)7-9-5-11-12(6-10(9)15)21-4-3-20-11/h5-6,8,19H,3-4,7H2,1-2H3. The quantitative estimate of drug-likeness (QED) is 0.914. The smallest absolute Gasteiger partial charge is 0.162 e. The van der Waals surface area contributed by atoms with Crippen molar-refractivity contribution in [2.45, 2.75) is 26.0 Å². The lowest BCUT2D eigenvalue weighted by Crippen LogP contribution is -2.16. The maximum Gasteiger partial charge on any atom is 0.162 e. The Kier molecular flexibility index (Phi) is 3.62. The molecular weight excluding hydrogens is 338 g/mol. The van der Waals surface area contributed by atoms with Crippen LogP contribution in [0, 0.1) is 0 Å². The molecule has 6 nitrogen and oxygen atoms in total. The van der Waals surface area contributed by atoms with Crippen molar-refractivity contribution in [2.75, 3.05) is 13.2 Å². The van der Waals surface area contributed by atoms with Gasteiger partial charge in [-0.25, -0.2) is 4.68 Å². The van der Waals surface area contributed by atoms with Gasteiger partial charge >= 0.3 is 0 Å². The largest absolute Gasteiger partial charge is 0.486 e. The second-order valence-corrected chi connectivity index (χ2v) is 6.30. The molecule has 0 saturated carbocycles. The van der Waals surface area contributed by atoms with Crippen molar-refractivity contribution in [3.05, 3.63) is 34.1 Å². The highest BCUT2D eigenvalue weighted by Gasteiger charge is 2.21. The van der Waals surface area contributed by atoms with Crippen LogP contribution >= 0.6 is 15.9 Å². The predicted molar refractivity (Wildman–Crippen MR) is 79.5 cm³/mol. The zero-order valence-corrected chi connectivity index (χ0v) is 13.4. The van der Waals surface area contributed by atoms with Crippen molar-refractivity contribution in [1.29, 1.82) is 0 Å². The molecule has 1 N–H and O–H groups in total. The van der Waals surface area contributed by atoms with Gasteiger partial charge in [0, 0.05) is 4.47 Å². The van der Waals surface area contributed by atoms with Crippen LogP contribution in [-0.4, -0.2) is 33.3 Å². The summed E-state index contributed by atoms with van der Waals surface area (Å²) in [5.74, 6) is 1.48. The van der Waals surface area contributed by atoms with Crippen LogP contribution in [0.5, 0.6) is 11.5 Å². The van der Waals surface area contributed by atoms with E-state index in [0.717, 1.165) is 21.5 Å². The lowest BCUT2D eigenvalue weighted by atomic mass is 10.1. The number of hydrogen-bond acceptors (Lipinski definition) is 5. The minimum atomic E-state index is -0.998. The predicted octanol–water partition coefficient (Wildman–Crippen LogP) is 2.09. The Labute approximate surface area is 130 Å². The second-order valence-electron chi connectivity index (χ2n) is 5.45. The average molecular weight is 354 g/mol. The summed E-state index contributed by atoms with van der Waals surface area (Å²) in [4.78, 5) is 0. The fourth-order valence-electron chi connectivity index (χ4n) is 2.06. The first-order chi connectivity index (χ1) is 9.93. The Hall–Kier alpha value is -1.60. The van der Waals surface area contributed by atoms with E-state index in [2.05, 4.69) is 26.2 Å². The first-order valence-corrected chi connectivity index (χ1v) is 7.44. The van der Waals surface area contributed by atoms with Gasteiger partial charge in [-0.2, -0.15) is 0 Å². The molecule has 0 radical (unpaired) electrons. The van der Waals surface area contributed by atoms with E-state index in [-0.39, 0.29) is 0 Å². The summed E-state index contributed by atoms with van der Waals surface area (Å²) >= 11 is 3.53. The Bertz CT molecular complexity index is 664. The molecule has 0 fully saturated rings. The third-order valence-corrected chi connectivity index (χ3v) is 3.95. The topological polar surface area (TPSA) is 69.4 Å². The molecule has 1 aromatic heterocycles. The van der Waals surface area contributed by atoms with Gasteiger partial charge in [0.05, 0.1) is 12.7 Å². The number of hydrogen-bond donors (Lipinski definition) is 1. The molecule has 0 aliphatic carbocycles. The summed E-state index contributed by atoms with van der Waals surface area (Å²) in [5, 5.41) is 18.0. The van der Waals surface area contributed by atoms with E-state index in [1.807, 2.05) is 12.1 Å². The Morgan fingerprint density at radius 3 is 2.57 bits per heavy atom. The van der Waals surface area contributed by atoms with Crippen LogP contribution < -0.4 is 9.47 Å². The molecule has 2 heterocycles. The highest BCUT2D eigenvalue weighted by atomic mass is 79.9. The molecule has 21 heavy (non-hydrogen) atoms. The van der Waals surface area contributed by atoms with Gasteiger partial charge in [-0.3, -0.25) is 0 Å². The SMILES string of the molecule is CC(C)(O)c1cn(Cc2cc3c(cc2Br)OCCO3)nn1. The summed E-state index contributed by atoms with van der Waals surface area (Å²) in [6.45, 7) is 5.01. The Morgan fingerprint density at radius 2 is 1.95 bits per heavy atom. The molecule has 0 atom stereocenters. The summed E-state index contributed by atoms with van der Waals surface area (Å²) in [5.41, 5.74) is 0.546. The van der Waals surface area contributed by atoms with Crippen molar-refractivity contribution >= 4 is 15.9 Å². The molecule has 1 aliphatic heterocycles. The van der Waals surface area contributed by atoms with Crippen molar-refractivity contribution in [3.8, 4) is 11.5 Å².